The van der Waals surface area contributed by atoms with Gasteiger partial charge < -0.3 is 32.4 Å². The highest BCUT2D eigenvalue weighted by Crippen LogP contribution is 2.34. The van der Waals surface area contributed by atoms with Gasteiger partial charge in [0.15, 0.2) is 11.9 Å². The van der Waals surface area contributed by atoms with Crippen LogP contribution in [-0.4, -0.2) is 38.2 Å². The van der Waals surface area contributed by atoms with Gasteiger partial charge in [-0.15, -0.1) is 11.3 Å². The Bertz CT molecular complexity index is 1050. The van der Waals surface area contributed by atoms with Crippen LogP contribution < -0.4 is 27.7 Å². The van der Waals surface area contributed by atoms with E-state index in [0.717, 1.165) is 45.2 Å². The molecular weight excluding hydrogens is 448 g/mol. The third kappa shape index (κ3) is 9.83. The number of guanidine groups is 2. The smallest absolute Gasteiger partial charge is 0.185 e. The van der Waals surface area contributed by atoms with Crippen LogP contribution in [0.1, 0.15) is 24.6 Å². The molecule has 2 aromatic rings. The van der Waals surface area contributed by atoms with Gasteiger partial charge in [0.1, 0.15) is 11.5 Å². The van der Waals surface area contributed by atoms with E-state index in [9.17, 15) is 0 Å². The molecule has 0 radical (unpaired) electrons. The molecule has 2 rings (SSSR count). The monoisotopic (exact) mass is 482 g/mol. The van der Waals surface area contributed by atoms with Crippen molar-refractivity contribution < 1.29 is 9.47 Å². The third-order valence-electron chi connectivity index (χ3n) is 4.42. The maximum absolute atomic E-state index is 5.86. The minimum Gasteiger partial charge on any atom is -0.494 e. The largest absolute Gasteiger partial charge is 0.494 e. The summed E-state index contributed by atoms with van der Waals surface area (Å²) in [4.78, 5) is 10.1. The Morgan fingerprint density at radius 2 is 1.71 bits per heavy atom. The molecule has 9 heteroatoms. The summed E-state index contributed by atoms with van der Waals surface area (Å²) in [5.41, 5.74) is 23.3. The van der Waals surface area contributed by atoms with E-state index in [4.69, 9.17) is 32.4 Å². The third-order valence-corrected chi connectivity index (χ3v) is 5.63. The number of ether oxygens (including phenoxy) is 2. The van der Waals surface area contributed by atoms with Crippen molar-refractivity contribution in [1.82, 2.24) is 0 Å². The van der Waals surface area contributed by atoms with Crippen LogP contribution in [0, 0.1) is 0 Å². The molecule has 0 saturated heterocycles. The Morgan fingerprint density at radius 1 is 1.00 bits per heavy atom. The predicted molar refractivity (Wildman–Crippen MR) is 144 cm³/mol. The first-order valence-corrected chi connectivity index (χ1v) is 11.8. The number of thiophene rings is 1. The fourth-order valence-corrected chi connectivity index (χ4v) is 3.82. The molecule has 0 fully saturated rings. The van der Waals surface area contributed by atoms with Gasteiger partial charge >= 0.3 is 0 Å². The first kappa shape index (κ1) is 26.5. The standard InChI is InChI=1S/C25H34N6O2S/c1-3-7-20(32-14-5-12-30-24(26)27)16-18(2)22-10-11-23(34-22)19-8-4-9-21(17-19)33-15-6-13-31-25(28)29/h3-4,7-11,16-17H,2,5-6,12-15H2,1H3,(H4,26,27,30)(H4,28,29,31)/b7-3-,20-16+. The molecule has 0 aliphatic carbocycles. The lowest BCUT2D eigenvalue weighted by atomic mass is 10.1. The lowest BCUT2D eigenvalue weighted by Crippen LogP contribution is -2.23. The number of nitrogens with two attached hydrogens (primary N) is 4. The van der Waals surface area contributed by atoms with E-state index < -0.39 is 0 Å². The number of benzene rings is 1. The lowest BCUT2D eigenvalue weighted by Gasteiger charge is -2.07. The zero-order valence-corrected chi connectivity index (χ0v) is 20.4. The van der Waals surface area contributed by atoms with E-state index in [1.54, 1.807) is 11.3 Å². The summed E-state index contributed by atoms with van der Waals surface area (Å²) in [6, 6.07) is 12.2. The summed E-state index contributed by atoms with van der Waals surface area (Å²) in [7, 11) is 0. The molecule has 8 nitrogen and oxygen atoms in total. The van der Waals surface area contributed by atoms with E-state index in [1.165, 1.54) is 0 Å². The van der Waals surface area contributed by atoms with Gasteiger partial charge in [0.2, 0.25) is 0 Å². The van der Waals surface area contributed by atoms with Gasteiger partial charge in [0, 0.05) is 35.7 Å². The minimum atomic E-state index is 0.0889. The van der Waals surface area contributed by atoms with Crippen LogP contribution in [0.3, 0.4) is 0 Å². The zero-order valence-electron chi connectivity index (χ0n) is 19.6. The van der Waals surface area contributed by atoms with E-state index in [2.05, 4.69) is 34.8 Å². The number of aliphatic imine (C=N–C) groups is 2. The molecule has 0 atom stereocenters. The molecule has 1 aromatic heterocycles. The van der Waals surface area contributed by atoms with Crippen molar-refractivity contribution in [2.75, 3.05) is 26.3 Å². The molecule has 1 heterocycles. The SMILES string of the molecule is C=C(/C=C(\C=C/C)OCCCN=C(N)N)c1ccc(-c2cccc(OCCCN=C(N)N)c2)s1. The topological polar surface area (TPSA) is 147 Å². The highest BCUT2D eigenvalue weighted by molar-refractivity contribution is 7.16. The Kier molecular flexibility index (Phi) is 11.3. The van der Waals surface area contributed by atoms with Crippen LogP contribution in [0.5, 0.6) is 5.75 Å². The second kappa shape index (κ2) is 14.4. The molecule has 34 heavy (non-hydrogen) atoms. The molecule has 0 amide bonds. The van der Waals surface area contributed by atoms with E-state index in [1.807, 2.05) is 43.4 Å². The van der Waals surface area contributed by atoms with Crippen molar-refractivity contribution >= 4 is 28.8 Å². The van der Waals surface area contributed by atoms with Crippen molar-refractivity contribution in [2.45, 2.75) is 19.8 Å². The zero-order chi connectivity index (χ0) is 24.8. The summed E-state index contributed by atoms with van der Waals surface area (Å²) >= 11 is 1.66. The minimum absolute atomic E-state index is 0.0889. The van der Waals surface area contributed by atoms with Crippen LogP contribution >= 0.6 is 11.3 Å². The first-order valence-electron chi connectivity index (χ1n) is 11.0. The Labute approximate surface area is 205 Å². The van der Waals surface area contributed by atoms with Gasteiger partial charge in [-0.3, -0.25) is 9.98 Å². The molecule has 0 spiro atoms. The van der Waals surface area contributed by atoms with Gasteiger partial charge in [-0.2, -0.15) is 0 Å². The molecule has 0 aliphatic rings. The van der Waals surface area contributed by atoms with Gasteiger partial charge in [-0.05, 0) is 54.5 Å². The number of allylic oxidation sites excluding steroid dienone is 4. The van der Waals surface area contributed by atoms with Gasteiger partial charge in [0.05, 0.1) is 13.2 Å². The Morgan fingerprint density at radius 3 is 2.38 bits per heavy atom. The van der Waals surface area contributed by atoms with Crippen LogP contribution in [0.15, 0.2) is 76.9 Å². The second-order valence-corrected chi connectivity index (χ2v) is 8.36. The van der Waals surface area contributed by atoms with Crippen molar-refractivity contribution in [1.29, 1.82) is 0 Å². The summed E-state index contributed by atoms with van der Waals surface area (Å²) in [5, 5.41) is 0. The quantitative estimate of drug-likeness (QED) is 0.106. The highest BCUT2D eigenvalue weighted by atomic mass is 32.1. The van der Waals surface area contributed by atoms with E-state index in [-0.39, 0.29) is 11.9 Å². The molecular formula is C25H34N6O2S. The molecule has 0 bridgehead atoms. The van der Waals surface area contributed by atoms with Crippen molar-refractivity contribution in [3.8, 4) is 16.2 Å². The molecule has 1 aromatic carbocycles. The average Bonchev–Trinajstić information content (AvgIpc) is 3.29. The maximum Gasteiger partial charge on any atom is 0.185 e. The van der Waals surface area contributed by atoms with E-state index in [0.29, 0.717) is 26.3 Å². The van der Waals surface area contributed by atoms with E-state index >= 15 is 0 Å². The fourth-order valence-electron chi connectivity index (χ4n) is 2.88. The number of nitrogens with zero attached hydrogens (tertiary/aromatic N) is 2. The second-order valence-electron chi connectivity index (χ2n) is 7.28. The summed E-state index contributed by atoms with van der Waals surface area (Å²) in [6.45, 7) is 8.28. The highest BCUT2D eigenvalue weighted by Gasteiger charge is 2.07. The van der Waals surface area contributed by atoms with Crippen molar-refractivity contribution in [3.63, 3.8) is 0 Å². The average molecular weight is 483 g/mol. The maximum atomic E-state index is 5.86. The first-order chi connectivity index (χ1) is 16.4. The normalized spacial score (nSPS) is 11.3. The van der Waals surface area contributed by atoms with Gasteiger partial charge in [-0.1, -0.05) is 24.8 Å². The van der Waals surface area contributed by atoms with Crippen LogP contribution in [0.4, 0.5) is 0 Å². The Hall–Kier alpha value is -3.72. The molecule has 182 valence electrons. The number of rotatable bonds is 14. The molecule has 8 N–H and O–H groups in total. The van der Waals surface area contributed by atoms with Crippen molar-refractivity contribution in [2.24, 2.45) is 32.9 Å². The number of hydrogen-bond acceptors (Lipinski definition) is 5. The van der Waals surface area contributed by atoms with Crippen LogP contribution in [0.25, 0.3) is 16.0 Å². The van der Waals surface area contributed by atoms with Crippen LogP contribution in [0.2, 0.25) is 0 Å². The molecule has 0 aliphatic heterocycles. The fraction of sp³-hybridized carbons (Fsp3) is 0.280. The van der Waals surface area contributed by atoms with Gasteiger partial charge in [-0.25, -0.2) is 0 Å². The summed E-state index contributed by atoms with van der Waals surface area (Å²) in [5.74, 6) is 1.73. The number of hydrogen-bond donors (Lipinski definition) is 4. The van der Waals surface area contributed by atoms with Crippen LogP contribution in [-0.2, 0) is 4.74 Å². The predicted octanol–water partition coefficient (Wildman–Crippen LogP) is 3.61. The lowest BCUT2D eigenvalue weighted by molar-refractivity contribution is 0.222. The van der Waals surface area contributed by atoms with Crippen molar-refractivity contribution in [3.05, 3.63) is 71.8 Å². The molecule has 0 unspecified atom stereocenters. The van der Waals surface area contributed by atoms with Gasteiger partial charge in [0.25, 0.3) is 0 Å². The summed E-state index contributed by atoms with van der Waals surface area (Å²) in [6.07, 6.45) is 7.23. The Balaban J connectivity index is 1.99. The summed E-state index contributed by atoms with van der Waals surface area (Å²) < 4.78 is 11.7. The molecule has 0 saturated carbocycles.